The van der Waals surface area contributed by atoms with Crippen molar-refractivity contribution in [1.29, 1.82) is 0 Å². The maximum Gasteiger partial charge on any atom is 0.255 e. The molecule has 9 heteroatoms. The first kappa shape index (κ1) is 22.1. The van der Waals surface area contributed by atoms with Gasteiger partial charge in [0.2, 0.25) is 0 Å². The predicted octanol–water partition coefficient (Wildman–Crippen LogP) is 2.88. The molecule has 0 aromatic carbocycles. The quantitative estimate of drug-likeness (QED) is 0.560. The van der Waals surface area contributed by atoms with Gasteiger partial charge >= 0.3 is 0 Å². The Balaban J connectivity index is 2.31. The van der Waals surface area contributed by atoms with Crippen molar-refractivity contribution < 1.29 is 18.3 Å². The van der Waals surface area contributed by atoms with Crippen LogP contribution in [0.2, 0.25) is 0 Å². The van der Waals surface area contributed by atoms with E-state index in [-0.39, 0.29) is 23.5 Å². The number of hydrogen-bond donors (Lipinski definition) is 3. The van der Waals surface area contributed by atoms with E-state index in [0.717, 1.165) is 25.7 Å². The number of rotatable bonds is 10. The number of ether oxygens (including phenoxy) is 1. The molecule has 1 aromatic heterocycles. The van der Waals surface area contributed by atoms with Gasteiger partial charge in [-0.05, 0) is 25.8 Å². The Morgan fingerprint density at radius 2 is 2.11 bits per heavy atom. The summed E-state index contributed by atoms with van der Waals surface area (Å²) in [5.74, 6) is 0.330. The summed E-state index contributed by atoms with van der Waals surface area (Å²) < 4.78 is 30.3. The van der Waals surface area contributed by atoms with E-state index in [4.69, 9.17) is 10.5 Å². The van der Waals surface area contributed by atoms with Crippen molar-refractivity contribution in [3.05, 3.63) is 11.6 Å². The minimum atomic E-state index is -2.53. The van der Waals surface area contributed by atoms with Crippen molar-refractivity contribution in [3.63, 3.8) is 0 Å². The molecule has 0 spiro atoms. The number of amides is 1. The maximum atomic E-state index is 13.0. The Morgan fingerprint density at radius 3 is 2.71 bits per heavy atom. The van der Waals surface area contributed by atoms with Crippen LogP contribution in [0, 0.1) is 0 Å². The number of nitrogen functional groups attached to an aromatic ring is 1. The van der Waals surface area contributed by atoms with Gasteiger partial charge in [-0.25, -0.2) is 13.8 Å². The second-order valence-electron chi connectivity index (χ2n) is 6.95. The van der Waals surface area contributed by atoms with Crippen LogP contribution in [-0.4, -0.2) is 56.7 Å². The number of pyridine rings is 1. The second kappa shape index (κ2) is 11.0. The lowest BCUT2D eigenvalue weighted by atomic mass is 9.95. The zero-order valence-electron chi connectivity index (χ0n) is 16.6. The van der Waals surface area contributed by atoms with Crippen LogP contribution in [0.15, 0.2) is 6.07 Å². The van der Waals surface area contributed by atoms with Crippen molar-refractivity contribution in [2.75, 3.05) is 49.3 Å². The summed E-state index contributed by atoms with van der Waals surface area (Å²) in [4.78, 5) is 19.3. The van der Waals surface area contributed by atoms with Crippen molar-refractivity contribution in [2.45, 2.75) is 51.5 Å². The number of likely N-dealkylation sites (N-methyl/N-ethyl adjacent to an activating group) is 1. The lowest BCUT2D eigenvalue weighted by Gasteiger charge is -2.27. The van der Waals surface area contributed by atoms with Gasteiger partial charge in [0.15, 0.2) is 5.82 Å². The van der Waals surface area contributed by atoms with Crippen LogP contribution in [0.4, 0.5) is 26.1 Å². The molecule has 0 bridgehead atoms. The molecule has 1 heterocycles. The Labute approximate surface area is 165 Å². The monoisotopic (exact) mass is 399 g/mol. The van der Waals surface area contributed by atoms with Crippen LogP contribution < -0.4 is 21.3 Å². The molecule has 0 saturated heterocycles. The van der Waals surface area contributed by atoms with Gasteiger partial charge in [-0.15, -0.1) is 0 Å². The second-order valence-corrected chi connectivity index (χ2v) is 6.95. The molecule has 1 amide bonds. The number of alkyl halides is 2. The van der Waals surface area contributed by atoms with E-state index in [1.165, 1.54) is 12.5 Å². The van der Waals surface area contributed by atoms with Gasteiger partial charge in [-0.3, -0.25) is 4.79 Å². The number of carbonyl (C=O) groups is 1. The summed E-state index contributed by atoms with van der Waals surface area (Å²) in [6, 6.07) is 1.66. The fourth-order valence-corrected chi connectivity index (χ4v) is 3.37. The van der Waals surface area contributed by atoms with Gasteiger partial charge in [0, 0.05) is 26.2 Å². The highest BCUT2D eigenvalue weighted by Gasteiger charge is 2.23. The highest BCUT2D eigenvalue weighted by atomic mass is 19.3. The van der Waals surface area contributed by atoms with Crippen LogP contribution >= 0.6 is 0 Å². The normalized spacial score (nSPS) is 14.9. The Bertz CT molecular complexity index is 639. The third-order valence-electron chi connectivity index (χ3n) is 4.89. The molecule has 1 aromatic rings. The van der Waals surface area contributed by atoms with Gasteiger partial charge < -0.3 is 26.0 Å². The largest absolute Gasteiger partial charge is 0.396 e. The average molecular weight is 399 g/mol. The van der Waals surface area contributed by atoms with Gasteiger partial charge in [-0.1, -0.05) is 19.3 Å². The summed E-state index contributed by atoms with van der Waals surface area (Å²) in [7, 11) is 1.59. The molecule has 1 aliphatic carbocycles. The standard InChI is InChI=1S/C19H31F2N5O2/c1-3-26(9-10-28-2)18-14(19(27)24-13-7-5-4-6-8-13)11-15(22)17(25-18)23-12-16(20)21/h11,13,16H,3-10,12,22H2,1-2H3,(H,23,25)(H,24,27). The summed E-state index contributed by atoms with van der Waals surface area (Å²) in [5.41, 5.74) is 6.51. The summed E-state index contributed by atoms with van der Waals surface area (Å²) in [5, 5.41) is 5.63. The summed E-state index contributed by atoms with van der Waals surface area (Å²) in [6.45, 7) is 2.92. The molecular formula is C19H31F2N5O2. The van der Waals surface area contributed by atoms with Crippen molar-refractivity contribution in [2.24, 2.45) is 0 Å². The van der Waals surface area contributed by atoms with E-state index >= 15 is 0 Å². The molecule has 158 valence electrons. The zero-order chi connectivity index (χ0) is 20.5. The molecule has 4 N–H and O–H groups in total. The van der Waals surface area contributed by atoms with Crippen LogP contribution in [0.25, 0.3) is 0 Å². The van der Waals surface area contributed by atoms with E-state index < -0.39 is 13.0 Å². The third kappa shape index (κ3) is 6.19. The SMILES string of the molecule is CCN(CCOC)c1nc(NCC(F)F)c(N)cc1C(=O)NC1CCCCC1. The highest BCUT2D eigenvalue weighted by molar-refractivity contribution is 6.00. The Kier molecular flexibility index (Phi) is 8.69. The van der Waals surface area contributed by atoms with Gasteiger partial charge in [0.1, 0.15) is 5.82 Å². The number of nitrogens with two attached hydrogens (primary N) is 1. The first-order chi connectivity index (χ1) is 13.5. The number of anilines is 3. The highest BCUT2D eigenvalue weighted by Crippen LogP contribution is 2.27. The van der Waals surface area contributed by atoms with E-state index in [1.807, 2.05) is 11.8 Å². The van der Waals surface area contributed by atoms with Crippen LogP contribution in [-0.2, 0) is 4.74 Å². The number of nitrogens with zero attached hydrogens (tertiary/aromatic N) is 2. The van der Waals surface area contributed by atoms with Crippen molar-refractivity contribution >= 4 is 23.2 Å². The minimum absolute atomic E-state index is 0.140. The first-order valence-electron chi connectivity index (χ1n) is 9.83. The molecule has 1 saturated carbocycles. The van der Waals surface area contributed by atoms with E-state index in [2.05, 4.69) is 15.6 Å². The zero-order valence-corrected chi connectivity index (χ0v) is 16.6. The van der Waals surface area contributed by atoms with Crippen LogP contribution in [0.1, 0.15) is 49.4 Å². The molecule has 0 radical (unpaired) electrons. The third-order valence-corrected chi connectivity index (χ3v) is 4.89. The lowest BCUT2D eigenvalue weighted by Crippen LogP contribution is -2.38. The molecule has 7 nitrogen and oxygen atoms in total. The maximum absolute atomic E-state index is 13.0. The molecule has 28 heavy (non-hydrogen) atoms. The smallest absolute Gasteiger partial charge is 0.255 e. The first-order valence-corrected chi connectivity index (χ1v) is 9.83. The molecule has 0 unspecified atom stereocenters. The van der Waals surface area contributed by atoms with E-state index in [9.17, 15) is 13.6 Å². The number of methoxy groups -OCH3 is 1. The summed E-state index contributed by atoms with van der Waals surface area (Å²) >= 11 is 0. The van der Waals surface area contributed by atoms with Crippen molar-refractivity contribution in [3.8, 4) is 0 Å². The number of carbonyl (C=O) groups excluding carboxylic acids is 1. The Morgan fingerprint density at radius 1 is 1.39 bits per heavy atom. The fourth-order valence-electron chi connectivity index (χ4n) is 3.37. The minimum Gasteiger partial charge on any atom is -0.396 e. The average Bonchev–Trinajstić information content (AvgIpc) is 2.68. The topological polar surface area (TPSA) is 92.5 Å². The van der Waals surface area contributed by atoms with Gasteiger partial charge in [0.05, 0.1) is 24.4 Å². The molecule has 0 atom stereocenters. The molecule has 1 aliphatic rings. The molecule has 0 aliphatic heterocycles. The number of aromatic nitrogens is 1. The van der Waals surface area contributed by atoms with Crippen molar-refractivity contribution in [1.82, 2.24) is 10.3 Å². The fraction of sp³-hybridized carbons (Fsp3) is 0.684. The molecule has 1 fully saturated rings. The molecule has 2 rings (SSSR count). The lowest BCUT2D eigenvalue weighted by molar-refractivity contribution is 0.0927. The van der Waals surface area contributed by atoms with Gasteiger partial charge in [-0.2, -0.15) is 0 Å². The predicted molar refractivity (Wildman–Crippen MR) is 107 cm³/mol. The number of hydrogen-bond acceptors (Lipinski definition) is 6. The van der Waals surface area contributed by atoms with E-state index in [1.54, 1.807) is 7.11 Å². The van der Waals surface area contributed by atoms with Gasteiger partial charge in [0.25, 0.3) is 12.3 Å². The van der Waals surface area contributed by atoms with E-state index in [0.29, 0.717) is 31.1 Å². The van der Waals surface area contributed by atoms with Crippen LogP contribution in [0.5, 0.6) is 0 Å². The molecular weight excluding hydrogens is 368 g/mol. The summed E-state index contributed by atoms with van der Waals surface area (Å²) in [6.07, 6.45) is 2.78. The Hall–Kier alpha value is -2.16. The van der Waals surface area contributed by atoms with Crippen LogP contribution in [0.3, 0.4) is 0 Å². The number of halogens is 2. The number of nitrogens with one attached hydrogen (secondary N) is 2.